The van der Waals surface area contributed by atoms with Crippen LogP contribution in [0.2, 0.25) is 6.04 Å². The molecule has 0 amide bonds. The van der Waals surface area contributed by atoms with Crippen LogP contribution in [0.1, 0.15) is 11.1 Å². The SMILES string of the molecule is NCCc1ccc(CC[Si](O)(O)O)cc1. The molecule has 0 radical (unpaired) electrons. The molecule has 0 aromatic heterocycles. The van der Waals surface area contributed by atoms with Gasteiger partial charge in [0.05, 0.1) is 0 Å². The van der Waals surface area contributed by atoms with E-state index in [1.807, 2.05) is 24.3 Å². The molecule has 0 aliphatic heterocycles. The van der Waals surface area contributed by atoms with Crippen molar-refractivity contribution in [3.05, 3.63) is 35.4 Å². The predicted molar refractivity (Wildman–Crippen MR) is 60.1 cm³/mol. The average Bonchev–Trinajstić information content (AvgIpc) is 2.16. The van der Waals surface area contributed by atoms with Gasteiger partial charge in [0.15, 0.2) is 0 Å². The molecule has 1 aromatic rings. The smallest absolute Gasteiger partial charge is 0.390 e. The van der Waals surface area contributed by atoms with Gasteiger partial charge < -0.3 is 20.1 Å². The van der Waals surface area contributed by atoms with Crippen LogP contribution in [0.25, 0.3) is 0 Å². The number of rotatable bonds is 5. The summed E-state index contributed by atoms with van der Waals surface area (Å²) in [5, 5.41) is 0. The highest BCUT2D eigenvalue weighted by Crippen LogP contribution is 2.10. The van der Waals surface area contributed by atoms with Gasteiger partial charge >= 0.3 is 8.80 Å². The minimum Gasteiger partial charge on any atom is -0.390 e. The van der Waals surface area contributed by atoms with Crippen molar-refractivity contribution in [2.75, 3.05) is 6.54 Å². The summed E-state index contributed by atoms with van der Waals surface area (Å²) in [7, 11) is -3.89. The fourth-order valence-electron chi connectivity index (χ4n) is 1.35. The van der Waals surface area contributed by atoms with Crippen LogP contribution in [0.3, 0.4) is 0 Å². The standard InChI is InChI=1S/C10H17NO3Si/c11-7-5-9-1-3-10(4-2-9)6-8-15(12,13)14/h1-4,12-14H,5-8,11H2. The second kappa shape index (κ2) is 5.39. The molecular weight excluding hydrogens is 210 g/mol. The first-order valence-corrected chi connectivity index (χ1v) is 7.01. The summed E-state index contributed by atoms with van der Waals surface area (Å²) in [5.74, 6) is 0. The van der Waals surface area contributed by atoms with Crippen molar-refractivity contribution in [2.45, 2.75) is 18.9 Å². The van der Waals surface area contributed by atoms with Crippen LogP contribution in [0, 0.1) is 0 Å². The maximum absolute atomic E-state index is 8.85. The molecule has 0 atom stereocenters. The van der Waals surface area contributed by atoms with Gasteiger partial charge in [-0.25, -0.2) is 0 Å². The molecule has 5 heteroatoms. The average molecular weight is 227 g/mol. The summed E-state index contributed by atoms with van der Waals surface area (Å²) in [5.41, 5.74) is 7.58. The van der Waals surface area contributed by atoms with Crippen molar-refractivity contribution in [1.82, 2.24) is 0 Å². The molecule has 0 bridgehead atoms. The first kappa shape index (κ1) is 12.3. The molecule has 4 nitrogen and oxygen atoms in total. The number of benzene rings is 1. The second-order valence-corrected chi connectivity index (χ2v) is 5.68. The van der Waals surface area contributed by atoms with Crippen LogP contribution in [-0.4, -0.2) is 29.7 Å². The van der Waals surface area contributed by atoms with Crippen LogP contribution in [0.15, 0.2) is 24.3 Å². The highest BCUT2D eigenvalue weighted by Gasteiger charge is 2.25. The molecule has 84 valence electrons. The molecule has 15 heavy (non-hydrogen) atoms. The Morgan fingerprint density at radius 1 is 0.933 bits per heavy atom. The number of hydrogen-bond acceptors (Lipinski definition) is 4. The largest absolute Gasteiger partial charge is 0.493 e. The summed E-state index contributed by atoms with van der Waals surface area (Å²) in [6.45, 7) is 0.624. The third kappa shape index (κ3) is 5.05. The lowest BCUT2D eigenvalue weighted by Gasteiger charge is -2.09. The van der Waals surface area contributed by atoms with E-state index in [0.29, 0.717) is 13.0 Å². The van der Waals surface area contributed by atoms with Crippen molar-refractivity contribution < 1.29 is 14.4 Å². The van der Waals surface area contributed by atoms with E-state index in [1.54, 1.807) is 0 Å². The van der Waals surface area contributed by atoms with Crippen molar-refractivity contribution in [1.29, 1.82) is 0 Å². The molecule has 0 aliphatic carbocycles. The number of nitrogens with two attached hydrogens (primary N) is 1. The Balaban J connectivity index is 2.50. The Kier molecular flexibility index (Phi) is 4.43. The highest BCUT2D eigenvalue weighted by molar-refractivity contribution is 6.56. The molecule has 0 heterocycles. The van der Waals surface area contributed by atoms with Crippen LogP contribution in [0.5, 0.6) is 0 Å². The normalized spacial score (nSPS) is 11.7. The lowest BCUT2D eigenvalue weighted by atomic mass is 10.1. The van der Waals surface area contributed by atoms with E-state index in [9.17, 15) is 0 Å². The predicted octanol–water partition coefficient (Wildman–Crippen LogP) is -0.354. The zero-order valence-corrected chi connectivity index (χ0v) is 9.56. The van der Waals surface area contributed by atoms with Crippen LogP contribution in [-0.2, 0) is 12.8 Å². The zero-order chi connectivity index (χ0) is 11.3. The zero-order valence-electron chi connectivity index (χ0n) is 8.56. The Morgan fingerprint density at radius 3 is 1.80 bits per heavy atom. The van der Waals surface area contributed by atoms with E-state index in [0.717, 1.165) is 12.0 Å². The fourth-order valence-corrected chi connectivity index (χ4v) is 1.98. The van der Waals surface area contributed by atoms with Crippen LogP contribution < -0.4 is 5.73 Å². The summed E-state index contributed by atoms with van der Waals surface area (Å²) < 4.78 is 0. The number of hydrogen-bond donors (Lipinski definition) is 4. The number of aryl methyl sites for hydroxylation is 1. The minimum absolute atomic E-state index is 0.0449. The molecule has 0 saturated carbocycles. The lowest BCUT2D eigenvalue weighted by molar-refractivity contribution is 0.228. The monoisotopic (exact) mass is 227 g/mol. The summed E-state index contributed by atoms with van der Waals surface area (Å²) >= 11 is 0. The van der Waals surface area contributed by atoms with Gasteiger partial charge in [-0.15, -0.1) is 0 Å². The van der Waals surface area contributed by atoms with E-state index in [-0.39, 0.29) is 6.04 Å². The Hall–Kier alpha value is -0.723. The first-order chi connectivity index (χ1) is 7.01. The van der Waals surface area contributed by atoms with Gasteiger partial charge in [0.2, 0.25) is 0 Å². The van der Waals surface area contributed by atoms with Gasteiger partial charge in [0.1, 0.15) is 0 Å². The third-order valence-electron chi connectivity index (χ3n) is 2.21. The van der Waals surface area contributed by atoms with Crippen molar-refractivity contribution >= 4 is 8.80 Å². The maximum atomic E-state index is 8.85. The molecule has 1 rings (SSSR count). The molecule has 0 spiro atoms. The van der Waals surface area contributed by atoms with Gasteiger partial charge in [-0.2, -0.15) is 0 Å². The van der Waals surface area contributed by atoms with Crippen molar-refractivity contribution in [3.63, 3.8) is 0 Å². The highest BCUT2D eigenvalue weighted by atomic mass is 28.4. The molecule has 0 aliphatic rings. The Labute approximate surface area is 90.4 Å². The van der Waals surface area contributed by atoms with E-state index >= 15 is 0 Å². The Bertz CT molecular complexity index is 295. The van der Waals surface area contributed by atoms with Crippen LogP contribution in [0.4, 0.5) is 0 Å². The van der Waals surface area contributed by atoms with Crippen LogP contribution >= 0.6 is 0 Å². The minimum atomic E-state index is -3.89. The topological polar surface area (TPSA) is 86.7 Å². The molecule has 5 N–H and O–H groups in total. The van der Waals surface area contributed by atoms with E-state index in [2.05, 4.69) is 0 Å². The summed E-state index contributed by atoms with van der Waals surface area (Å²) in [6.07, 6.45) is 1.33. The van der Waals surface area contributed by atoms with Gasteiger partial charge in [0.25, 0.3) is 0 Å². The van der Waals surface area contributed by atoms with E-state index in [4.69, 9.17) is 20.1 Å². The Morgan fingerprint density at radius 2 is 1.40 bits per heavy atom. The molecule has 0 saturated heterocycles. The van der Waals surface area contributed by atoms with Gasteiger partial charge in [0, 0.05) is 6.04 Å². The fraction of sp³-hybridized carbons (Fsp3) is 0.400. The summed E-state index contributed by atoms with van der Waals surface area (Å²) in [6, 6.07) is 7.83. The van der Waals surface area contributed by atoms with E-state index in [1.165, 1.54) is 5.56 Å². The van der Waals surface area contributed by atoms with Gasteiger partial charge in [-0.1, -0.05) is 24.3 Å². The third-order valence-corrected chi connectivity index (χ3v) is 3.13. The maximum Gasteiger partial charge on any atom is 0.493 e. The van der Waals surface area contributed by atoms with Gasteiger partial charge in [-0.3, -0.25) is 0 Å². The van der Waals surface area contributed by atoms with Crippen molar-refractivity contribution in [3.8, 4) is 0 Å². The quantitative estimate of drug-likeness (QED) is 0.518. The molecule has 1 aromatic carbocycles. The molecular formula is C10H17NO3Si. The molecule has 0 fully saturated rings. The van der Waals surface area contributed by atoms with Gasteiger partial charge in [-0.05, 0) is 30.5 Å². The second-order valence-electron chi connectivity index (χ2n) is 3.63. The van der Waals surface area contributed by atoms with Crippen molar-refractivity contribution in [2.24, 2.45) is 5.73 Å². The van der Waals surface area contributed by atoms with E-state index < -0.39 is 8.80 Å². The first-order valence-electron chi connectivity index (χ1n) is 4.96. The summed E-state index contributed by atoms with van der Waals surface area (Å²) in [4.78, 5) is 26.6. The lowest BCUT2D eigenvalue weighted by Crippen LogP contribution is -2.34. The molecule has 0 unspecified atom stereocenters.